The Kier molecular flexibility index (Phi) is 4.48. The van der Waals surface area contributed by atoms with Crippen LogP contribution in [0.15, 0.2) is 53.0 Å². The van der Waals surface area contributed by atoms with Gasteiger partial charge >= 0.3 is 0 Å². The summed E-state index contributed by atoms with van der Waals surface area (Å²) in [4.78, 5) is 0. The zero-order chi connectivity index (χ0) is 13.9. The van der Waals surface area contributed by atoms with Gasteiger partial charge in [0.1, 0.15) is 13.8 Å². The van der Waals surface area contributed by atoms with Gasteiger partial charge < -0.3 is 4.74 Å². The summed E-state index contributed by atoms with van der Waals surface area (Å²) in [5.74, 6) is 0.961. The topological polar surface area (TPSA) is 9.23 Å². The summed E-state index contributed by atoms with van der Waals surface area (Å²) in [5, 5.41) is 1.42. The SMILES string of the molecule is Cc1ccc(OC[Si](C)(C)c2ccc(Br)cc2)cc1. The molecule has 0 aliphatic heterocycles. The first-order chi connectivity index (χ1) is 8.97. The Hall–Kier alpha value is -1.06. The summed E-state index contributed by atoms with van der Waals surface area (Å²) in [7, 11) is -1.54. The molecule has 0 saturated heterocycles. The molecule has 3 heteroatoms. The van der Waals surface area contributed by atoms with E-state index in [2.05, 4.69) is 72.3 Å². The lowest BCUT2D eigenvalue weighted by Crippen LogP contribution is -2.47. The Bertz CT molecular complexity index is 532. The number of hydrogen-bond acceptors (Lipinski definition) is 1. The molecule has 0 bridgehead atoms. The first-order valence-corrected chi connectivity index (χ1v) is 10.4. The van der Waals surface area contributed by atoms with E-state index in [9.17, 15) is 0 Å². The van der Waals surface area contributed by atoms with Crippen LogP contribution in [0.5, 0.6) is 5.75 Å². The third-order valence-electron chi connectivity index (χ3n) is 3.25. The minimum Gasteiger partial charge on any atom is -0.497 e. The maximum atomic E-state index is 5.96. The molecule has 0 saturated carbocycles. The molecule has 19 heavy (non-hydrogen) atoms. The zero-order valence-corrected chi connectivity index (χ0v) is 14.2. The molecule has 0 radical (unpaired) electrons. The Morgan fingerprint density at radius 1 is 0.947 bits per heavy atom. The quantitative estimate of drug-likeness (QED) is 0.758. The molecule has 0 amide bonds. The summed E-state index contributed by atoms with van der Waals surface area (Å²) in [6.07, 6.45) is 0.803. The van der Waals surface area contributed by atoms with Gasteiger partial charge in [0.25, 0.3) is 0 Å². The monoisotopic (exact) mass is 334 g/mol. The number of rotatable bonds is 4. The van der Waals surface area contributed by atoms with Crippen molar-refractivity contribution in [1.29, 1.82) is 0 Å². The molecular weight excluding hydrogens is 316 g/mol. The van der Waals surface area contributed by atoms with E-state index in [0.717, 1.165) is 16.5 Å². The number of ether oxygens (including phenoxy) is 1. The van der Waals surface area contributed by atoms with Crippen molar-refractivity contribution in [3.05, 3.63) is 58.6 Å². The minimum absolute atomic E-state index is 0.803. The third kappa shape index (κ3) is 3.95. The molecule has 0 aliphatic rings. The molecule has 2 rings (SSSR count). The molecular formula is C16H19BrOSi. The van der Waals surface area contributed by atoms with Gasteiger partial charge in [-0.3, -0.25) is 0 Å². The molecule has 0 fully saturated rings. The molecule has 0 aromatic heterocycles. The fourth-order valence-electron chi connectivity index (χ4n) is 1.88. The van der Waals surface area contributed by atoms with Gasteiger partial charge in [-0.05, 0) is 31.2 Å². The van der Waals surface area contributed by atoms with Gasteiger partial charge in [0.15, 0.2) is 0 Å². The molecule has 100 valence electrons. The predicted octanol–water partition coefficient (Wildman–Crippen LogP) is 4.29. The van der Waals surface area contributed by atoms with E-state index in [4.69, 9.17) is 4.74 Å². The largest absolute Gasteiger partial charge is 0.497 e. The Morgan fingerprint density at radius 3 is 2.11 bits per heavy atom. The van der Waals surface area contributed by atoms with Crippen LogP contribution in [0.3, 0.4) is 0 Å². The number of halogens is 1. The lowest BCUT2D eigenvalue weighted by molar-refractivity contribution is 0.379. The Labute approximate surface area is 124 Å². The third-order valence-corrected chi connectivity index (χ3v) is 6.54. The van der Waals surface area contributed by atoms with Crippen LogP contribution < -0.4 is 9.92 Å². The maximum Gasteiger partial charge on any atom is 0.124 e. The lowest BCUT2D eigenvalue weighted by Gasteiger charge is -2.23. The van der Waals surface area contributed by atoms with Crippen molar-refractivity contribution >= 4 is 29.2 Å². The van der Waals surface area contributed by atoms with Gasteiger partial charge in [0.05, 0.1) is 6.23 Å². The summed E-state index contributed by atoms with van der Waals surface area (Å²) in [6, 6.07) is 16.9. The summed E-state index contributed by atoms with van der Waals surface area (Å²) < 4.78 is 7.09. The van der Waals surface area contributed by atoms with E-state index in [1.165, 1.54) is 10.8 Å². The summed E-state index contributed by atoms with van der Waals surface area (Å²) in [5.41, 5.74) is 1.26. The highest BCUT2D eigenvalue weighted by molar-refractivity contribution is 9.10. The van der Waals surface area contributed by atoms with Crippen LogP contribution in [0.2, 0.25) is 13.1 Å². The van der Waals surface area contributed by atoms with Gasteiger partial charge in [0.2, 0.25) is 0 Å². The van der Waals surface area contributed by atoms with Crippen LogP contribution in [0.1, 0.15) is 5.56 Å². The van der Waals surface area contributed by atoms with Crippen molar-refractivity contribution in [2.75, 3.05) is 6.23 Å². The number of aryl methyl sites for hydroxylation is 1. The van der Waals surface area contributed by atoms with E-state index in [1.54, 1.807) is 0 Å². The van der Waals surface area contributed by atoms with E-state index < -0.39 is 8.07 Å². The molecule has 2 aromatic rings. The number of hydrogen-bond donors (Lipinski definition) is 0. The molecule has 0 atom stereocenters. The maximum absolute atomic E-state index is 5.96. The minimum atomic E-state index is -1.54. The van der Waals surface area contributed by atoms with Gasteiger partial charge in [-0.1, -0.05) is 64.0 Å². The van der Waals surface area contributed by atoms with Crippen LogP contribution in [-0.4, -0.2) is 14.3 Å². The number of benzene rings is 2. The smallest absolute Gasteiger partial charge is 0.124 e. The van der Waals surface area contributed by atoms with Gasteiger partial charge in [-0.25, -0.2) is 0 Å². The van der Waals surface area contributed by atoms with Crippen LogP contribution in [0.4, 0.5) is 0 Å². The fraction of sp³-hybridized carbons (Fsp3) is 0.250. The molecule has 0 N–H and O–H groups in total. The highest BCUT2D eigenvalue weighted by Crippen LogP contribution is 2.14. The highest BCUT2D eigenvalue weighted by atomic mass is 79.9. The average molecular weight is 335 g/mol. The molecule has 2 aromatic carbocycles. The molecule has 0 unspecified atom stereocenters. The van der Waals surface area contributed by atoms with Gasteiger partial charge in [-0.15, -0.1) is 0 Å². The lowest BCUT2D eigenvalue weighted by atomic mass is 10.2. The van der Waals surface area contributed by atoms with Crippen molar-refractivity contribution < 1.29 is 4.74 Å². The standard InChI is InChI=1S/C16H19BrOSi/c1-13-4-8-15(9-5-13)18-12-19(2,3)16-10-6-14(17)7-11-16/h4-11H,12H2,1-3H3. The van der Waals surface area contributed by atoms with Crippen molar-refractivity contribution in [2.45, 2.75) is 20.0 Å². The van der Waals surface area contributed by atoms with Crippen LogP contribution in [0.25, 0.3) is 0 Å². The van der Waals surface area contributed by atoms with Gasteiger partial charge in [0, 0.05) is 4.47 Å². The van der Waals surface area contributed by atoms with Crippen LogP contribution >= 0.6 is 15.9 Å². The normalized spacial score (nSPS) is 11.4. The predicted molar refractivity (Wildman–Crippen MR) is 87.9 cm³/mol. The summed E-state index contributed by atoms with van der Waals surface area (Å²) >= 11 is 3.48. The molecule has 0 spiro atoms. The zero-order valence-electron chi connectivity index (χ0n) is 11.6. The van der Waals surface area contributed by atoms with Crippen molar-refractivity contribution in [3.8, 4) is 5.75 Å². The van der Waals surface area contributed by atoms with Crippen molar-refractivity contribution in [1.82, 2.24) is 0 Å². The van der Waals surface area contributed by atoms with E-state index in [-0.39, 0.29) is 0 Å². The van der Waals surface area contributed by atoms with Crippen molar-refractivity contribution in [3.63, 3.8) is 0 Å². The van der Waals surface area contributed by atoms with E-state index in [0.29, 0.717) is 0 Å². The molecule has 1 nitrogen and oxygen atoms in total. The first-order valence-electron chi connectivity index (χ1n) is 6.43. The Balaban J connectivity index is 2.04. The highest BCUT2D eigenvalue weighted by Gasteiger charge is 2.24. The van der Waals surface area contributed by atoms with E-state index >= 15 is 0 Å². The van der Waals surface area contributed by atoms with Gasteiger partial charge in [-0.2, -0.15) is 0 Å². The summed E-state index contributed by atoms with van der Waals surface area (Å²) in [6.45, 7) is 6.76. The first kappa shape index (κ1) is 14.3. The fourth-order valence-corrected chi connectivity index (χ4v) is 3.91. The Morgan fingerprint density at radius 2 is 1.53 bits per heavy atom. The average Bonchev–Trinajstić information content (AvgIpc) is 2.39. The second-order valence-electron chi connectivity index (χ2n) is 5.49. The van der Waals surface area contributed by atoms with Crippen molar-refractivity contribution in [2.24, 2.45) is 0 Å². The van der Waals surface area contributed by atoms with Crippen LogP contribution in [-0.2, 0) is 0 Å². The van der Waals surface area contributed by atoms with Crippen LogP contribution in [0, 0.1) is 6.92 Å². The second kappa shape index (κ2) is 5.93. The second-order valence-corrected chi connectivity index (χ2v) is 11.0. The van der Waals surface area contributed by atoms with E-state index in [1.807, 2.05) is 12.1 Å². The molecule has 0 heterocycles. The molecule has 0 aliphatic carbocycles.